The molecule has 2 saturated heterocycles. The van der Waals surface area contributed by atoms with Crippen molar-refractivity contribution >= 4 is 5.97 Å². The Morgan fingerprint density at radius 1 is 1.56 bits per heavy atom. The third-order valence-corrected chi connectivity index (χ3v) is 3.92. The smallest absolute Gasteiger partial charge is 0.323 e. The first-order chi connectivity index (χ1) is 8.74. The Bertz CT molecular complexity index is 418. The molecule has 1 aromatic heterocycles. The molecule has 98 valence electrons. The Hall–Kier alpha value is -1.36. The maximum absolute atomic E-state index is 11.8. The second-order valence-corrected chi connectivity index (χ2v) is 5.26. The first-order valence-electron chi connectivity index (χ1n) is 6.67. The maximum Gasteiger partial charge on any atom is 0.323 e. The molecule has 5 heteroatoms. The van der Waals surface area contributed by atoms with E-state index in [0.717, 1.165) is 32.4 Å². The number of nitrogens with zero attached hydrogens (tertiary/aromatic N) is 3. The van der Waals surface area contributed by atoms with Crippen LogP contribution in [0.1, 0.15) is 26.2 Å². The number of carbonyl (C=O) groups is 1. The van der Waals surface area contributed by atoms with Crippen LogP contribution in [-0.4, -0.2) is 45.4 Å². The van der Waals surface area contributed by atoms with Crippen molar-refractivity contribution in [2.75, 3.05) is 6.54 Å². The van der Waals surface area contributed by atoms with E-state index >= 15 is 0 Å². The quantitative estimate of drug-likeness (QED) is 0.751. The van der Waals surface area contributed by atoms with Gasteiger partial charge in [-0.15, -0.1) is 0 Å². The molecule has 3 rings (SSSR count). The van der Waals surface area contributed by atoms with Crippen molar-refractivity contribution in [2.45, 2.75) is 50.9 Å². The van der Waals surface area contributed by atoms with Gasteiger partial charge in [0.25, 0.3) is 0 Å². The lowest BCUT2D eigenvalue weighted by Gasteiger charge is -2.27. The third-order valence-electron chi connectivity index (χ3n) is 3.92. The molecule has 0 amide bonds. The van der Waals surface area contributed by atoms with Crippen molar-refractivity contribution < 1.29 is 9.53 Å². The molecule has 1 aromatic rings. The van der Waals surface area contributed by atoms with E-state index in [0.29, 0.717) is 6.04 Å². The molecule has 0 saturated carbocycles. The van der Waals surface area contributed by atoms with E-state index in [1.807, 2.05) is 23.9 Å². The molecule has 5 nitrogen and oxygen atoms in total. The van der Waals surface area contributed by atoms with E-state index in [1.165, 1.54) is 0 Å². The van der Waals surface area contributed by atoms with Crippen LogP contribution in [-0.2, 0) is 16.1 Å². The van der Waals surface area contributed by atoms with Gasteiger partial charge in [-0.1, -0.05) is 0 Å². The second kappa shape index (κ2) is 4.72. The van der Waals surface area contributed by atoms with Crippen LogP contribution < -0.4 is 0 Å². The van der Waals surface area contributed by atoms with Crippen LogP contribution in [0, 0.1) is 0 Å². The van der Waals surface area contributed by atoms with E-state index in [4.69, 9.17) is 4.74 Å². The number of likely N-dealkylation sites (tertiary alicyclic amines) is 1. The predicted octanol–water partition coefficient (Wildman–Crippen LogP) is 1.05. The molecule has 2 aliphatic heterocycles. The average molecular weight is 249 g/mol. The van der Waals surface area contributed by atoms with E-state index < -0.39 is 0 Å². The van der Waals surface area contributed by atoms with Crippen LogP contribution in [0.25, 0.3) is 0 Å². The summed E-state index contributed by atoms with van der Waals surface area (Å²) in [6.45, 7) is 3.83. The molecule has 0 N–H and O–H groups in total. The molecule has 0 bridgehead atoms. The van der Waals surface area contributed by atoms with Crippen LogP contribution in [0.5, 0.6) is 0 Å². The van der Waals surface area contributed by atoms with Gasteiger partial charge >= 0.3 is 5.97 Å². The van der Waals surface area contributed by atoms with Crippen molar-refractivity contribution in [1.82, 2.24) is 14.7 Å². The summed E-state index contributed by atoms with van der Waals surface area (Å²) in [7, 11) is 0. The molecule has 0 aromatic carbocycles. The summed E-state index contributed by atoms with van der Waals surface area (Å²) in [4.78, 5) is 14.1. The van der Waals surface area contributed by atoms with Gasteiger partial charge in [-0.2, -0.15) is 5.10 Å². The van der Waals surface area contributed by atoms with E-state index in [1.54, 1.807) is 6.20 Å². The second-order valence-electron chi connectivity index (χ2n) is 5.26. The topological polar surface area (TPSA) is 47.4 Å². The van der Waals surface area contributed by atoms with Crippen molar-refractivity contribution in [2.24, 2.45) is 0 Å². The zero-order valence-electron chi connectivity index (χ0n) is 10.7. The maximum atomic E-state index is 11.8. The van der Waals surface area contributed by atoms with Crippen molar-refractivity contribution in [3.8, 4) is 0 Å². The highest BCUT2D eigenvalue weighted by atomic mass is 16.6. The average Bonchev–Trinajstić information content (AvgIpc) is 3.02. The van der Waals surface area contributed by atoms with Crippen LogP contribution in [0.15, 0.2) is 18.5 Å². The Labute approximate surface area is 107 Å². The molecule has 2 aliphatic rings. The fourth-order valence-electron chi connectivity index (χ4n) is 3.10. The minimum Gasteiger partial charge on any atom is -0.461 e. The van der Waals surface area contributed by atoms with Crippen molar-refractivity contribution in [3.05, 3.63) is 18.5 Å². The Morgan fingerprint density at radius 3 is 3.11 bits per heavy atom. The van der Waals surface area contributed by atoms with Gasteiger partial charge in [-0.25, -0.2) is 0 Å². The van der Waals surface area contributed by atoms with Gasteiger partial charge < -0.3 is 4.74 Å². The Morgan fingerprint density at radius 2 is 2.44 bits per heavy atom. The molecule has 3 heterocycles. The Kier molecular flexibility index (Phi) is 3.07. The normalized spacial score (nSPS) is 32.9. The predicted molar refractivity (Wildman–Crippen MR) is 65.9 cm³/mol. The first-order valence-corrected chi connectivity index (χ1v) is 6.67. The van der Waals surface area contributed by atoms with Gasteiger partial charge in [0.15, 0.2) is 0 Å². The zero-order chi connectivity index (χ0) is 12.5. The Balaban J connectivity index is 1.69. The summed E-state index contributed by atoms with van der Waals surface area (Å²) in [5.41, 5.74) is 0. The number of ether oxygens (including phenoxy) is 1. The number of carbonyl (C=O) groups excluding carboxylic acids is 1. The lowest BCUT2D eigenvalue weighted by Crippen LogP contribution is -2.43. The van der Waals surface area contributed by atoms with Gasteiger partial charge in [0.1, 0.15) is 12.1 Å². The summed E-state index contributed by atoms with van der Waals surface area (Å²) < 4.78 is 7.22. The largest absolute Gasteiger partial charge is 0.461 e. The van der Waals surface area contributed by atoms with Crippen LogP contribution in [0.2, 0.25) is 0 Å². The number of hydrogen-bond donors (Lipinski definition) is 0. The fourth-order valence-corrected chi connectivity index (χ4v) is 3.10. The third kappa shape index (κ3) is 2.14. The number of rotatable bonds is 3. The van der Waals surface area contributed by atoms with E-state index in [9.17, 15) is 4.79 Å². The van der Waals surface area contributed by atoms with Gasteiger partial charge in [0, 0.05) is 24.9 Å². The highest BCUT2D eigenvalue weighted by molar-refractivity contribution is 5.78. The van der Waals surface area contributed by atoms with E-state index in [2.05, 4.69) is 10.00 Å². The standard InChI is InChI=1S/C13H19N3O2/c1-10-8-12(13(17)18-10)16-7-2-4-11(16)9-15-6-3-5-14-15/h3,5-6,10-12H,2,4,7-9H2,1H3. The number of cyclic esters (lactones) is 1. The zero-order valence-corrected chi connectivity index (χ0v) is 10.7. The molecule has 18 heavy (non-hydrogen) atoms. The van der Waals surface area contributed by atoms with Crippen LogP contribution >= 0.6 is 0 Å². The van der Waals surface area contributed by atoms with Crippen LogP contribution in [0.3, 0.4) is 0 Å². The highest BCUT2D eigenvalue weighted by Gasteiger charge is 2.41. The highest BCUT2D eigenvalue weighted by Crippen LogP contribution is 2.28. The molecule has 0 radical (unpaired) electrons. The van der Waals surface area contributed by atoms with Gasteiger partial charge in [-0.3, -0.25) is 14.4 Å². The number of hydrogen-bond acceptors (Lipinski definition) is 4. The SMILES string of the molecule is CC1CC(N2CCCC2Cn2cccn2)C(=O)O1. The molecular weight excluding hydrogens is 230 g/mol. The lowest BCUT2D eigenvalue weighted by atomic mass is 10.1. The van der Waals surface area contributed by atoms with Crippen LogP contribution in [0.4, 0.5) is 0 Å². The fraction of sp³-hybridized carbons (Fsp3) is 0.692. The minimum absolute atomic E-state index is 0.0388. The summed E-state index contributed by atoms with van der Waals surface area (Å²) in [6.07, 6.45) is 6.96. The molecule has 3 unspecified atom stereocenters. The summed E-state index contributed by atoms with van der Waals surface area (Å²) in [6, 6.07) is 2.31. The molecule has 3 atom stereocenters. The lowest BCUT2D eigenvalue weighted by molar-refractivity contribution is -0.145. The molecule has 0 spiro atoms. The van der Waals surface area contributed by atoms with Crippen molar-refractivity contribution in [1.29, 1.82) is 0 Å². The number of esters is 1. The monoisotopic (exact) mass is 249 g/mol. The minimum atomic E-state index is -0.0464. The molecule has 0 aliphatic carbocycles. The molecule has 2 fully saturated rings. The summed E-state index contributed by atoms with van der Waals surface area (Å²) >= 11 is 0. The first kappa shape index (κ1) is 11.7. The van der Waals surface area contributed by atoms with Gasteiger partial charge in [-0.05, 0) is 32.4 Å². The van der Waals surface area contributed by atoms with Crippen molar-refractivity contribution in [3.63, 3.8) is 0 Å². The van der Waals surface area contributed by atoms with E-state index in [-0.39, 0.29) is 18.1 Å². The summed E-state index contributed by atoms with van der Waals surface area (Å²) in [5, 5.41) is 4.25. The number of aromatic nitrogens is 2. The summed E-state index contributed by atoms with van der Waals surface area (Å²) in [5.74, 6) is -0.0464. The van der Waals surface area contributed by atoms with Gasteiger partial charge in [0.05, 0.1) is 6.54 Å². The molecular formula is C13H19N3O2. The van der Waals surface area contributed by atoms with Gasteiger partial charge in [0.2, 0.25) is 0 Å².